The van der Waals surface area contributed by atoms with E-state index >= 15 is 0 Å². The van der Waals surface area contributed by atoms with E-state index in [1.54, 1.807) is 18.2 Å². The van der Waals surface area contributed by atoms with Crippen LogP contribution in [0, 0.1) is 11.3 Å². The van der Waals surface area contributed by atoms with Crippen molar-refractivity contribution >= 4 is 23.2 Å². The van der Waals surface area contributed by atoms with Gasteiger partial charge in [-0.05, 0) is 39.0 Å². The number of halogens is 1. The van der Waals surface area contributed by atoms with Crippen LogP contribution in [0.25, 0.3) is 0 Å². The number of hydrogen-bond acceptors (Lipinski definition) is 3. The summed E-state index contributed by atoms with van der Waals surface area (Å²) < 4.78 is 0. The van der Waals surface area contributed by atoms with Crippen molar-refractivity contribution in [2.45, 2.75) is 26.8 Å². The fourth-order valence-electron chi connectivity index (χ4n) is 1.78. The number of hydrogen-bond donors (Lipinski definition) is 1. The smallest absolute Gasteiger partial charge is 0.239 e. The van der Waals surface area contributed by atoms with Gasteiger partial charge in [0.25, 0.3) is 0 Å². The summed E-state index contributed by atoms with van der Waals surface area (Å²) in [5.41, 5.74) is 1.21. The second-order valence-electron chi connectivity index (χ2n) is 4.51. The topological polar surface area (TPSA) is 56.1 Å². The van der Waals surface area contributed by atoms with E-state index in [-0.39, 0.29) is 18.5 Å². The molecule has 0 aromatic heterocycles. The van der Waals surface area contributed by atoms with Crippen LogP contribution in [0.5, 0.6) is 0 Å². The maximum absolute atomic E-state index is 11.8. The molecule has 0 saturated carbocycles. The molecular formula is C14H18ClN3O. The number of nitriles is 1. The van der Waals surface area contributed by atoms with Gasteiger partial charge in [0.2, 0.25) is 5.91 Å². The summed E-state index contributed by atoms with van der Waals surface area (Å²) in [5.74, 6) is -0.0595. The molecule has 0 aliphatic heterocycles. The highest BCUT2D eigenvalue weighted by Gasteiger charge is 2.14. The van der Waals surface area contributed by atoms with Crippen LogP contribution in [0.15, 0.2) is 18.2 Å². The van der Waals surface area contributed by atoms with Crippen LogP contribution in [0.3, 0.4) is 0 Å². The lowest BCUT2D eigenvalue weighted by Crippen LogP contribution is -2.40. The van der Waals surface area contributed by atoms with Crippen LogP contribution >= 0.6 is 11.6 Å². The standard InChI is InChI=1S/C14H18ClN3O/c1-4-18(9-14(19)17-10(2)3)13-6-5-12(15)7-11(13)8-16/h5-7,10H,4,9H2,1-3H3,(H,17,19). The van der Waals surface area contributed by atoms with Crippen molar-refractivity contribution in [2.75, 3.05) is 18.0 Å². The molecule has 5 heteroatoms. The highest BCUT2D eigenvalue weighted by Crippen LogP contribution is 2.23. The molecule has 0 radical (unpaired) electrons. The van der Waals surface area contributed by atoms with Crippen LogP contribution in [0.1, 0.15) is 26.3 Å². The summed E-state index contributed by atoms with van der Waals surface area (Å²) in [5, 5.41) is 12.5. The molecule has 102 valence electrons. The first-order valence-electron chi connectivity index (χ1n) is 6.21. The Morgan fingerprint density at radius 3 is 2.74 bits per heavy atom. The van der Waals surface area contributed by atoms with E-state index in [0.29, 0.717) is 17.1 Å². The zero-order valence-corrected chi connectivity index (χ0v) is 12.2. The van der Waals surface area contributed by atoms with Crippen molar-refractivity contribution in [3.05, 3.63) is 28.8 Å². The Morgan fingerprint density at radius 1 is 1.53 bits per heavy atom. The predicted octanol–water partition coefficient (Wildman–Crippen LogP) is 2.56. The highest BCUT2D eigenvalue weighted by molar-refractivity contribution is 6.30. The third-order valence-corrected chi connectivity index (χ3v) is 2.82. The molecule has 0 heterocycles. The molecule has 0 spiro atoms. The number of likely N-dealkylation sites (N-methyl/N-ethyl adjacent to an activating group) is 1. The second kappa shape index (κ2) is 7.01. The summed E-state index contributed by atoms with van der Waals surface area (Å²) in [4.78, 5) is 13.7. The summed E-state index contributed by atoms with van der Waals surface area (Å²) >= 11 is 5.87. The number of nitrogens with one attached hydrogen (secondary N) is 1. The van der Waals surface area contributed by atoms with Gasteiger partial charge in [-0.3, -0.25) is 4.79 Å². The SMILES string of the molecule is CCN(CC(=O)NC(C)C)c1ccc(Cl)cc1C#N. The van der Waals surface area contributed by atoms with E-state index in [1.165, 1.54) is 0 Å². The molecule has 0 bridgehead atoms. The first-order valence-corrected chi connectivity index (χ1v) is 6.59. The Bertz CT molecular complexity index is 494. The van der Waals surface area contributed by atoms with Crippen LogP contribution < -0.4 is 10.2 Å². The zero-order valence-electron chi connectivity index (χ0n) is 11.4. The van der Waals surface area contributed by atoms with Crippen molar-refractivity contribution in [2.24, 2.45) is 0 Å². The van der Waals surface area contributed by atoms with Gasteiger partial charge >= 0.3 is 0 Å². The number of rotatable bonds is 5. The Balaban J connectivity index is 2.92. The third kappa shape index (κ3) is 4.46. The number of carbonyl (C=O) groups excluding carboxylic acids is 1. The normalized spacial score (nSPS) is 10.1. The fraction of sp³-hybridized carbons (Fsp3) is 0.429. The molecule has 0 saturated heterocycles. The van der Waals surface area contributed by atoms with Gasteiger partial charge in [-0.25, -0.2) is 0 Å². The van der Waals surface area contributed by atoms with E-state index in [1.807, 2.05) is 25.7 Å². The summed E-state index contributed by atoms with van der Waals surface area (Å²) in [6, 6.07) is 7.32. The summed E-state index contributed by atoms with van der Waals surface area (Å²) in [6.45, 7) is 6.64. The van der Waals surface area contributed by atoms with Crippen LogP contribution in [-0.2, 0) is 4.79 Å². The van der Waals surface area contributed by atoms with Gasteiger partial charge < -0.3 is 10.2 Å². The Labute approximate surface area is 119 Å². The quantitative estimate of drug-likeness (QED) is 0.901. The van der Waals surface area contributed by atoms with Gasteiger partial charge in [0.05, 0.1) is 17.8 Å². The van der Waals surface area contributed by atoms with E-state index in [4.69, 9.17) is 16.9 Å². The lowest BCUT2D eigenvalue weighted by Gasteiger charge is -2.24. The Kier molecular flexibility index (Phi) is 5.65. The minimum atomic E-state index is -0.0595. The van der Waals surface area contributed by atoms with Gasteiger partial charge in [-0.15, -0.1) is 0 Å². The van der Waals surface area contributed by atoms with E-state index < -0.39 is 0 Å². The molecule has 0 aliphatic rings. The number of benzene rings is 1. The minimum Gasteiger partial charge on any atom is -0.361 e. The molecule has 19 heavy (non-hydrogen) atoms. The maximum Gasteiger partial charge on any atom is 0.239 e. The monoisotopic (exact) mass is 279 g/mol. The van der Waals surface area contributed by atoms with Crippen molar-refractivity contribution < 1.29 is 4.79 Å². The molecular weight excluding hydrogens is 262 g/mol. The molecule has 0 aliphatic carbocycles. The lowest BCUT2D eigenvalue weighted by molar-refractivity contribution is -0.120. The predicted molar refractivity (Wildman–Crippen MR) is 77.3 cm³/mol. The van der Waals surface area contributed by atoms with Crippen molar-refractivity contribution in [3.8, 4) is 6.07 Å². The molecule has 4 nitrogen and oxygen atoms in total. The number of amides is 1. The third-order valence-electron chi connectivity index (χ3n) is 2.59. The molecule has 1 aromatic rings. The zero-order chi connectivity index (χ0) is 14.4. The first kappa shape index (κ1) is 15.3. The van der Waals surface area contributed by atoms with E-state index in [2.05, 4.69) is 11.4 Å². The van der Waals surface area contributed by atoms with Crippen molar-refractivity contribution in [1.29, 1.82) is 5.26 Å². The lowest BCUT2D eigenvalue weighted by atomic mass is 10.1. The van der Waals surface area contributed by atoms with E-state index in [0.717, 1.165) is 5.69 Å². The van der Waals surface area contributed by atoms with Gasteiger partial charge in [0.1, 0.15) is 6.07 Å². The Hall–Kier alpha value is -1.73. The van der Waals surface area contributed by atoms with Crippen LogP contribution in [0.2, 0.25) is 5.02 Å². The minimum absolute atomic E-state index is 0.0595. The molecule has 0 fully saturated rings. The van der Waals surface area contributed by atoms with Gasteiger partial charge in [-0.2, -0.15) is 5.26 Å². The maximum atomic E-state index is 11.8. The molecule has 1 rings (SSSR count). The van der Waals surface area contributed by atoms with Crippen LogP contribution in [0.4, 0.5) is 5.69 Å². The van der Waals surface area contributed by atoms with Gasteiger partial charge in [0, 0.05) is 17.6 Å². The highest BCUT2D eigenvalue weighted by atomic mass is 35.5. The fourth-order valence-corrected chi connectivity index (χ4v) is 1.95. The molecule has 1 amide bonds. The number of anilines is 1. The summed E-state index contributed by atoms with van der Waals surface area (Å²) in [6.07, 6.45) is 0. The van der Waals surface area contributed by atoms with Gasteiger partial charge in [0.15, 0.2) is 0 Å². The molecule has 1 N–H and O–H groups in total. The summed E-state index contributed by atoms with van der Waals surface area (Å²) in [7, 11) is 0. The Morgan fingerprint density at radius 2 is 2.21 bits per heavy atom. The average Bonchev–Trinajstić information content (AvgIpc) is 2.35. The number of carbonyl (C=O) groups is 1. The van der Waals surface area contributed by atoms with Crippen LogP contribution in [-0.4, -0.2) is 25.0 Å². The van der Waals surface area contributed by atoms with Crippen molar-refractivity contribution in [3.63, 3.8) is 0 Å². The number of nitrogens with zero attached hydrogens (tertiary/aromatic N) is 2. The van der Waals surface area contributed by atoms with Gasteiger partial charge in [-0.1, -0.05) is 11.6 Å². The van der Waals surface area contributed by atoms with E-state index in [9.17, 15) is 4.79 Å². The average molecular weight is 280 g/mol. The second-order valence-corrected chi connectivity index (χ2v) is 4.95. The van der Waals surface area contributed by atoms with Crippen molar-refractivity contribution in [1.82, 2.24) is 5.32 Å². The first-order chi connectivity index (χ1) is 8.97. The molecule has 0 atom stereocenters. The largest absolute Gasteiger partial charge is 0.361 e. The molecule has 0 unspecified atom stereocenters. The molecule has 1 aromatic carbocycles.